The van der Waals surface area contributed by atoms with E-state index in [1.54, 1.807) is 42.5 Å². The Morgan fingerprint density at radius 1 is 1.04 bits per heavy atom. The highest BCUT2D eigenvalue weighted by molar-refractivity contribution is 5.94. The molecule has 0 fully saturated rings. The number of ether oxygens (including phenoxy) is 1. The van der Waals surface area contributed by atoms with Crippen LogP contribution in [0.2, 0.25) is 0 Å². The van der Waals surface area contributed by atoms with Crippen molar-refractivity contribution in [3.8, 4) is 11.5 Å². The van der Waals surface area contributed by atoms with Gasteiger partial charge >= 0.3 is 0 Å². The Balaban J connectivity index is 1.76. The monoisotopic (exact) mass is 366 g/mol. The van der Waals surface area contributed by atoms with Gasteiger partial charge in [-0.25, -0.2) is 4.39 Å². The van der Waals surface area contributed by atoms with Gasteiger partial charge < -0.3 is 10.1 Å². The third kappa shape index (κ3) is 4.66. The van der Waals surface area contributed by atoms with Crippen molar-refractivity contribution < 1.29 is 18.8 Å². The highest BCUT2D eigenvalue weighted by atomic mass is 19.1. The van der Waals surface area contributed by atoms with Crippen molar-refractivity contribution in [1.82, 2.24) is 0 Å². The molecule has 0 atom stereocenters. The van der Waals surface area contributed by atoms with Gasteiger partial charge in [0.1, 0.15) is 11.6 Å². The molecule has 3 aromatic carbocycles. The number of hydrogen-bond acceptors (Lipinski definition) is 4. The van der Waals surface area contributed by atoms with Crippen LogP contribution in [-0.4, -0.2) is 10.8 Å². The van der Waals surface area contributed by atoms with E-state index in [0.717, 1.165) is 0 Å². The maximum absolute atomic E-state index is 13.3. The fourth-order valence-corrected chi connectivity index (χ4v) is 2.52. The van der Waals surface area contributed by atoms with Crippen LogP contribution in [0, 0.1) is 15.9 Å². The minimum absolute atomic E-state index is 0.114. The van der Waals surface area contributed by atoms with Crippen molar-refractivity contribution in [3.63, 3.8) is 0 Å². The second-order valence-corrected chi connectivity index (χ2v) is 5.67. The number of nitro groups is 1. The normalized spacial score (nSPS) is 10.3. The van der Waals surface area contributed by atoms with E-state index in [1.165, 1.54) is 30.3 Å². The molecular formula is C20H15FN2O4. The lowest BCUT2D eigenvalue weighted by Gasteiger charge is -2.12. The van der Waals surface area contributed by atoms with Crippen LogP contribution >= 0.6 is 0 Å². The van der Waals surface area contributed by atoms with Gasteiger partial charge in [0.05, 0.1) is 17.0 Å². The van der Waals surface area contributed by atoms with Gasteiger partial charge in [-0.05, 0) is 24.3 Å². The van der Waals surface area contributed by atoms with Crippen LogP contribution in [-0.2, 0) is 11.2 Å². The molecule has 3 aromatic rings. The molecule has 7 heteroatoms. The van der Waals surface area contributed by atoms with Crippen LogP contribution in [0.15, 0.2) is 72.8 Å². The number of nitro benzene ring substituents is 1. The molecule has 6 nitrogen and oxygen atoms in total. The lowest BCUT2D eigenvalue weighted by Crippen LogP contribution is -2.15. The van der Waals surface area contributed by atoms with Crippen molar-refractivity contribution in [2.75, 3.05) is 5.32 Å². The number of carbonyl (C=O) groups is 1. The Morgan fingerprint density at radius 2 is 1.78 bits per heavy atom. The zero-order valence-electron chi connectivity index (χ0n) is 14.1. The van der Waals surface area contributed by atoms with Gasteiger partial charge in [-0.1, -0.05) is 36.4 Å². The SMILES string of the molecule is O=C(Cc1ccccc1[N+](=O)[O-])Nc1ccccc1Oc1cccc(F)c1. The molecular weight excluding hydrogens is 351 g/mol. The first-order valence-electron chi connectivity index (χ1n) is 8.07. The van der Waals surface area contributed by atoms with E-state index in [2.05, 4.69) is 5.32 Å². The minimum Gasteiger partial charge on any atom is -0.455 e. The summed E-state index contributed by atoms with van der Waals surface area (Å²) >= 11 is 0. The van der Waals surface area contributed by atoms with Gasteiger partial charge in [0.15, 0.2) is 5.75 Å². The van der Waals surface area contributed by atoms with Gasteiger partial charge in [-0.3, -0.25) is 14.9 Å². The quantitative estimate of drug-likeness (QED) is 0.506. The van der Waals surface area contributed by atoms with Crippen molar-refractivity contribution >= 4 is 17.3 Å². The third-order valence-corrected chi connectivity index (χ3v) is 3.72. The molecule has 0 heterocycles. The summed E-state index contributed by atoms with van der Waals surface area (Å²) in [5, 5.41) is 13.7. The highest BCUT2D eigenvalue weighted by Crippen LogP contribution is 2.30. The van der Waals surface area contributed by atoms with Crippen LogP contribution in [0.1, 0.15) is 5.56 Å². The predicted molar refractivity (Wildman–Crippen MR) is 98.3 cm³/mol. The average Bonchev–Trinajstić information content (AvgIpc) is 2.63. The molecule has 0 saturated carbocycles. The Labute approximate surface area is 154 Å². The number of para-hydroxylation sites is 3. The van der Waals surface area contributed by atoms with Crippen molar-refractivity contribution in [2.45, 2.75) is 6.42 Å². The van der Waals surface area contributed by atoms with Crippen LogP contribution in [0.4, 0.5) is 15.8 Å². The van der Waals surface area contributed by atoms with E-state index in [4.69, 9.17) is 4.74 Å². The van der Waals surface area contributed by atoms with E-state index in [-0.39, 0.29) is 17.9 Å². The topological polar surface area (TPSA) is 81.5 Å². The second kappa shape index (κ2) is 8.09. The lowest BCUT2D eigenvalue weighted by atomic mass is 10.1. The maximum atomic E-state index is 13.3. The van der Waals surface area contributed by atoms with Gasteiger partial charge in [0.2, 0.25) is 5.91 Å². The molecule has 1 amide bonds. The van der Waals surface area contributed by atoms with E-state index in [0.29, 0.717) is 17.0 Å². The van der Waals surface area contributed by atoms with Gasteiger partial charge in [-0.2, -0.15) is 0 Å². The summed E-state index contributed by atoms with van der Waals surface area (Å²) < 4.78 is 19.0. The zero-order chi connectivity index (χ0) is 19.2. The Kier molecular flexibility index (Phi) is 5.41. The summed E-state index contributed by atoms with van der Waals surface area (Å²) in [5.74, 6) is -0.251. The van der Waals surface area contributed by atoms with Gasteiger partial charge in [0, 0.05) is 17.7 Å². The number of hydrogen-bond donors (Lipinski definition) is 1. The molecule has 0 bridgehead atoms. The number of nitrogens with one attached hydrogen (secondary N) is 1. The number of amides is 1. The summed E-state index contributed by atoms with van der Waals surface area (Å²) in [5.41, 5.74) is 0.575. The van der Waals surface area contributed by atoms with E-state index < -0.39 is 16.6 Å². The zero-order valence-corrected chi connectivity index (χ0v) is 14.1. The molecule has 0 aliphatic carbocycles. The molecule has 0 spiro atoms. The molecule has 0 aromatic heterocycles. The van der Waals surface area contributed by atoms with E-state index >= 15 is 0 Å². The van der Waals surface area contributed by atoms with E-state index in [9.17, 15) is 19.3 Å². The van der Waals surface area contributed by atoms with Crippen LogP contribution in [0.25, 0.3) is 0 Å². The van der Waals surface area contributed by atoms with Gasteiger partial charge in [-0.15, -0.1) is 0 Å². The second-order valence-electron chi connectivity index (χ2n) is 5.67. The standard InChI is InChI=1S/C20H15FN2O4/c21-15-7-5-8-16(13-15)27-19-11-4-2-9-17(19)22-20(24)12-14-6-1-3-10-18(14)23(25)26/h1-11,13H,12H2,(H,22,24). The highest BCUT2D eigenvalue weighted by Gasteiger charge is 2.16. The molecule has 0 aliphatic rings. The number of nitrogens with zero attached hydrogens (tertiary/aromatic N) is 1. The number of benzene rings is 3. The maximum Gasteiger partial charge on any atom is 0.273 e. The number of rotatable bonds is 6. The summed E-state index contributed by atoms with van der Waals surface area (Å²) in [6.45, 7) is 0. The summed E-state index contributed by atoms with van der Waals surface area (Å²) in [6.07, 6.45) is -0.161. The van der Waals surface area contributed by atoms with Crippen LogP contribution in [0.3, 0.4) is 0 Å². The minimum atomic E-state index is -0.524. The summed E-state index contributed by atoms with van der Waals surface area (Å²) in [4.78, 5) is 22.9. The molecule has 1 N–H and O–H groups in total. The molecule has 27 heavy (non-hydrogen) atoms. The Hall–Kier alpha value is -3.74. The number of carbonyl (C=O) groups excluding carboxylic acids is 1. The number of halogens is 1. The van der Waals surface area contributed by atoms with Crippen molar-refractivity contribution in [1.29, 1.82) is 0 Å². The van der Waals surface area contributed by atoms with Crippen molar-refractivity contribution in [2.24, 2.45) is 0 Å². The Bertz CT molecular complexity index is 991. The smallest absolute Gasteiger partial charge is 0.273 e. The average molecular weight is 366 g/mol. The largest absolute Gasteiger partial charge is 0.455 e. The molecule has 3 rings (SSSR count). The summed E-state index contributed by atoms with van der Waals surface area (Å²) in [7, 11) is 0. The first-order chi connectivity index (χ1) is 13.0. The first-order valence-corrected chi connectivity index (χ1v) is 8.07. The molecule has 136 valence electrons. The number of anilines is 1. The fourth-order valence-electron chi connectivity index (χ4n) is 2.52. The molecule has 0 unspecified atom stereocenters. The third-order valence-electron chi connectivity index (χ3n) is 3.72. The lowest BCUT2D eigenvalue weighted by molar-refractivity contribution is -0.385. The van der Waals surface area contributed by atoms with E-state index in [1.807, 2.05) is 0 Å². The molecule has 0 radical (unpaired) electrons. The predicted octanol–water partition coefficient (Wildman–Crippen LogP) is 4.71. The fraction of sp³-hybridized carbons (Fsp3) is 0.0500. The molecule has 0 aliphatic heterocycles. The summed E-state index contributed by atoms with van der Waals surface area (Å²) in [6, 6.07) is 18.4. The Morgan fingerprint density at radius 3 is 2.56 bits per heavy atom. The van der Waals surface area contributed by atoms with Crippen LogP contribution < -0.4 is 10.1 Å². The van der Waals surface area contributed by atoms with Crippen LogP contribution in [0.5, 0.6) is 11.5 Å². The van der Waals surface area contributed by atoms with Gasteiger partial charge in [0.25, 0.3) is 5.69 Å². The molecule has 0 saturated heterocycles. The first kappa shape index (κ1) is 18.1. The van der Waals surface area contributed by atoms with Crippen molar-refractivity contribution in [3.05, 3.63) is 94.3 Å².